The van der Waals surface area contributed by atoms with Crippen molar-refractivity contribution in [3.8, 4) is 0 Å². The maximum Gasteiger partial charge on any atom is 0.257 e. The summed E-state index contributed by atoms with van der Waals surface area (Å²) in [5.74, 6) is 0.715. The Morgan fingerprint density at radius 2 is 2.38 bits per heavy atom. The average molecular weight is 304 g/mol. The second-order valence-corrected chi connectivity index (χ2v) is 6.60. The number of furan rings is 1. The highest BCUT2D eigenvalue weighted by atomic mass is 32.1. The maximum atomic E-state index is 12.7. The average Bonchev–Trinajstić information content (AvgIpc) is 3.10. The predicted molar refractivity (Wildman–Crippen MR) is 82.7 cm³/mol. The number of nitrogens with zero attached hydrogens (tertiary/aromatic N) is 2. The third kappa shape index (κ3) is 2.50. The minimum absolute atomic E-state index is 0.0329. The van der Waals surface area contributed by atoms with Gasteiger partial charge in [-0.25, -0.2) is 4.98 Å². The summed E-state index contributed by atoms with van der Waals surface area (Å²) in [6.45, 7) is 3.96. The number of hydrogen-bond acceptors (Lipinski definition) is 4. The monoisotopic (exact) mass is 304 g/mol. The Morgan fingerprint density at radius 3 is 3.05 bits per heavy atom. The van der Waals surface area contributed by atoms with E-state index in [0.29, 0.717) is 11.3 Å². The first-order valence-electron chi connectivity index (χ1n) is 7.41. The zero-order valence-corrected chi connectivity index (χ0v) is 13.5. The molecule has 1 atom stereocenters. The van der Waals surface area contributed by atoms with E-state index in [9.17, 15) is 4.79 Å². The van der Waals surface area contributed by atoms with Crippen molar-refractivity contribution in [2.24, 2.45) is 0 Å². The van der Waals surface area contributed by atoms with Gasteiger partial charge in [-0.15, -0.1) is 11.3 Å². The molecule has 0 aliphatic heterocycles. The second kappa shape index (κ2) is 5.64. The van der Waals surface area contributed by atoms with Crippen LogP contribution in [0.2, 0.25) is 0 Å². The molecule has 4 nitrogen and oxygen atoms in total. The van der Waals surface area contributed by atoms with Crippen molar-refractivity contribution in [2.45, 2.75) is 45.6 Å². The van der Waals surface area contributed by atoms with Crippen molar-refractivity contribution < 1.29 is 9.21 Å². The van der Waals surface area contributed by atoms with Crippen LogP contribution in [0.25, 0.3) is 0 Å². The van der Waals surface area contributed by atoms with Crippen molar-refractivity contribution in [2.75, 3.05) is 7.05 Å². The van der Waals surface area contributed by atoms with Gasteiger partial charge < -0.3 is 9.32 Å². The van der Waals surface area contributed by atoms with E-state index in [1.165, 1.54) is 15.6 Å². The number of carbonyl (C=O) groups excluding carboxylic acids is 1. The van der Waals surface area contributed by atoms with E-state index in [4.69, 9.17) is 9.40 Å². The van der Waals surface area contributed by atoms with E-state index in [-0.39, 0.29) is 11.9 Å². The summed E-state index contributed by atoms with van der Waals surface area (Å²) in [7, 11) is 1.89. The van der Waals surface area contributed by atoms with Gasteiger partial charge in [0.1, 0.15) is 5.76 Å². The summed E-state index contributed by atoms with van der Waals surface area (Å²) >= 11 is 1.76. The lowest BCUT2D eigenvalue weighted by Gasteiger charge is -2.30. The van der Waals surface area contributed by atoms with Gasteiger partial charge in [0.05, 0.1) is 33.4 Å². The largest absolute Gasteiger partial charge is 0.469 e. The lowest BCUT2D eigenvalue weighted by molar-refractivity contribution is 0.0716. The van der Waals surface area contributed by atoms with Crippen LogP contribution in [-0.4, -0.2) is 22.8 Å². The van der Waals surface area contributed by atoms with Gasteiger partial charge in [0.15, 0.2) is 0 Å². The summed E-state index contributed by atoms with van der Waals surface area (Å²) < 4.78 is 5.26. The molecule has 21 heavy (non-hydrogen) atoms. The van der Waals surface area contributed by atoms with Crippen molar-refractivity contribution in [3.05, 3.63) is 39.2 Å². The van der Waals surface area contributed by atoms with Gasteiger partial charge >= 0.3 is 0 Å². The first-order chi connectivity index (χ1) is 10.1. The number of hydrogen-bond donors (Lipinski definition) is 0. The van der Waals surface area contributed by atoms with E-state index in [1.54, 1.807) is 23.7 Å². The second-order valence-electron chi connectivity index (χ2n) is 5.49. The van der Waals surface area contributed by atoms with Gasteiger partial charge in [-0.2, -0.15) is 0 Å². The molecule has 2 heterocycles. The molecule has 0 saturated heterocycles. The first-order valence-corrected chi connectivity index (χ1v) is 8.23. The van der Waals surface area contributed by atoms with E-state index >= 15 is 0 Å². The molecule has 1 unspecified atom stereocenters. The van der Waals surface area contributed by atoms with E-state index < -0.39 is 0 Å². The Bertz CT molecular complexity index is 659. The Labute approximate surface area is 128 Å². The number of aromatic nitrogens is 1. The number of rotatable bonds is 3. The molecule has 3 rings (SSSR count). The fourth-order valence-electron chi connectivity index (χ4n) is 2.91. The summed E-state index contributed by atoms with van der Waals surface area (Å²) in [5.41, 5.74) is 1.85. The molecule has 0 radical (unpaired) electrons. The highest BCUT2D eigenvalue weighted by Gasteiger charge is 2.31. The van der Waals surface area contributed by atoms with Crippen LogP contribution in [0.3, 0.4) is 0 Å². The zero-order chi connectivity index (χ0) is 15.0. The van der Waals surface area contributed by atoms with Crippen LogP contribution in [0.15, 0.2) is 16.7 Å². The molecule has 0 bridgehead atoms. The Kier molecular flexibility index (Phi) is 3.85. The lowest BCUT2D eigenvalue weighted by Crippen LogP contribution is -2.32. The molecule has 0 N–H and O–H groups in total. The quantitative estimate of drug-likeness (QED) is 0.867. The van der Waals surface area contributed by atoms with Crippen LogP contribution >= 0.6 is 11.3 Å². The smallest absolute Gasteiger partial charge is 0.257 e. The van der Waals surface area contributed by atoms with Gasteiger partial charge in [0.25, 0.3) is 5.91 Å². The number of carbonyl (C=O) groups is 1. The SMILES string of the molecule is CCc1nc2c(s1)C(N(C)C(=O)c1ccoc1C)CCC2. The molecule has 1 amide bonds. The fourth-order valence-corrected chi connectivity index (χ4v) is 4.14. The van der Waals surface area contributed by atoms with Crippen molar-refractivity contribution in [1.82, 2.24) is 9.88 Å². The molecule has 2 aromatic rings. The standard InChI is InChI=1S/C16H20N2O2S/c1-4-14-17-12-6-5-7-13(15(12)21-14)18(3)16(19)11-8-9-20-10(11)2/h8-9,13H,4-7H2,1-3H3. The first kappa shape index (κ1) is 14.3. The molecule has 0 saturated carbocycles. The van der Waals surface area contributed by atoms with Crippen molar-refractivity contribution >= 4 is 17.2 Å². The molecule has 0 aromatic carbocycles. The minimum atomic E-state index is 0.0329. The fraction of sp³-hybridized carbons (Fsp3) is 0.500. The number of fused-ring (bicyclic) bond motifs is 1. The van der Waals surface area contributed by atoms with E-state index in [2.05, 4.69) is 6.92 Å². The third-order valence-corrected chi connectivity index (χ3v) is 5.49. The summed E-state index contributed by atoms with van der Waals surface area (Å²) in [6, 6.07) is 1.90. The van der Waals surface area contributed by atoms with E-state index in [1.807, 2.05) is 18.9 Å². The van der Waals surface area contributed by atoms with Crippen LogP contribution in [0.1, 0.15) is 57.5 Å². The van der Waals surface area contributed by atoms with Crippen molar-refractivity contribution in [1.29, 1.82) is 0 Å². The van der Waals surface area contributed by atoms with Gasteiger partial charge in [-0.05, 0) is 38.7 Å². The lowest BCUT2D eigenvalue weighted by atomic mass is 9.96. The summed E-state index contributed by atoms with van der Waals surface area (Å²) in [6.07, 6.45) is 5.67. The number of amides is 1. The molecule has 5 heteroatoms. The van der Waals surface area contributed by atoms with Gasteiger partial charge in [0, 0.05) is 7.05 Å². The topological polar surface area (TPSA) is 46.3 Å². The molecule has 0 spiro atoms. The van der Waals surface area contributed by atoms with Gasteiger partial charge in [0.2, 0.25) is 0 Å². The Morgan fingerprint density at radius 1 is 1.57 bits per heavy atom. The summed E-state index contributed by atoms with van der Waals surface area (Å²) in [5, 5.41) is 1.17. The van der Waals surface area contributed by atoms with Crippen LogP contribution in [0.4, 0.5) is 0 Å². The Balaban J connectivity index is 1.89. The molecule has 0 fully saturated rings. The summed E-state index contributed by atoms with van der Waals surface area (Å²) in [4.78, 5) is 20.5. The van der Waals surface area contributed by atoms with Crippen LogP contribution in [0.5, 0.6) is 0 Å². The minimum Gasteiger partial charge on any atom is -0.469 e. The Hall–Kier alpha value is -1.62. The van der Waals surface area contributed by atoms with Crippen LogP contribution < -0.4 is 0 Å². The molecular weight excluding hydrogens is 284 g/mol. The van der Waals surface area contributed by atoms with Gasteiger partial charge in [-0.3, -0.25) is 4.79 Å². The van der Waals surface area contributed by atoms with Crippen LogP contribution in [0, 0.1) is 6.92 Å². The highest BCUT2D eigenvalue weighted by Crippen LogP contribution is 2.38. The highest BCUT2D eigenvalue weighted by molar-refractivity contribution is 7.11. The third-order valence-electron chi connectivity index (χ3n) is 4.15. The molecular formula is C16H20N2O2S. The van der Waals surface area contributed by atoms with E-state index in [0.717, 1.165) is 25.7 Å². The normalized spacial score (nSPS) is 17.6. The molecule has 1 aliphatic carbocycles. The van der Waals surface area contributed by atoms with Crippen molar-refractivity contribution in [3.63, 3.8) is 0 Å². The predicted octanol–water partition coefficient (Wildman–Crippen LogP) is 3.76. The molecule has 112 valence electrons. The maximum absolute atomic E-state index is 12.7. The zero-order valence-electron chi connectivity index (χ0n) is 12.7. The van der Waals surface area contributed by atoms with Gasteiger partial charge in [-0.1, -0.05) is 6.92 Å². The molecule has 2 aromatic heterocycles. The number of thiazole rings is 1. The number of aryl methyl sites for hydroxylation is 3. The van der Waals surface area contributed by atoms with Crippen LogP contribution in [-0.2, 0) is 12.8 Å². The molecule has 1 aliphatic rings.